The Balaban J connectivity index is 1.62. The predicted octanol–water partition coefficient (Wildman–Crippen LogP) is 2.90. The molecule has 1 fully saturated rings. The fourth-order valence-corrected chi connectivity index (χ4v) is 5.07. The molecule has 1 aromatic heterocycles. The van der Waals surface area contributed by atoms with Gasteiger partial charge in [0.2, 0.25) is 11.8 Å². The number of benzene rings is 2. The highest BCUT2D eigenvalue weighted by molar-refractivity contribution is 5.97. The molecule has 2 atom stereocenters. The van der Waals surface area contributed by atoms with Gasteiger partial charge in [-0.2, -0.15) is 0 Å². The molecule has 5 rings (SSSR count). The van der Waals surface area contributed by atoms with Crippen molar-refractivity contribution in [1.82, 2.24) is 14.8 Å². The van der Waals surface area contributed by atoms with Crippen molar-refractivity contribution in [1.29, 1.82) is 0 Å². The third-order valence-electron chi connectivity index (χ3n) is 6.53. The van der Waals surface area contributed by atoms with Crippen LogP contribution in [0.4, 0.5) is 0 Å². The molecule has 0 unspecified atom stereocenters. The molecule has 0 spiro atoms. The molecule has 2 aliphatic rings. The smallest absolute Gasteiger partial charge is 0.246 e. The Hall–Kier alpha value is -3.32. The van der Waals surface area contributed by atoms with Gasteiger partial charge in [0.15, 0.2) is 0 Å². The minimum absolute atomic E-state index is 0.00419. The number of H-pyrrole nitrogens is 1. The van der Waals surface area contributed by atoms with E-state index < -0.39 is 6.04 Å². The van der Waals surface area contributed by atoms with E-state index in [4.69, 9.17) is 9.47 Å². The number of methoxy groups -OCH3 is 2. The van der Waals surface area contributed by atoms with E-state index in [2.05, 4.69) is 11.1 Å². The van der Waals surface area contributed by atoms with E-state index in [1.807, 2.05) is 42.5 Å². The van der Waals surface area contributed by atoms with E-state index in [-0.39, 0.29) is 24.4 Å². The summed E-state index contributed by atoms with van der Waals surface area (Å²) in [6.45, 7) is 1.17. The van der Waals surface area contributed by atoms with Crippen molar-refractivity contribution in [3.8, 4) is 5.75 Å². The SMILES string of the molecule is COCCCN1CC(=O)N2[C@H](c3cccc(OC)c3)c3[nH]c4ccccc4c3C[C@H]2C1=O. The summed E-state index contributed by atoms with van der Waals surface area (Å²) in [6.07, 6.45) is 1.21. The van der Waals surface area contributed by atoms with Crippen molar-refractivity contribution >= 4 is 22.7 Å². The number of piperazine rings is 1. The van der Waals surface area contributed by atoms with Gasteiger partial charge in [0.25, 0.3) is 0 Å². The van der Waals surface area contributed by atoms with Crippen molar-refractivity contribution < 1.29 is 19.1 Å². The van der Waals surface area contributed by atoms with Crippen LogP contribution in [0.25, 0.3) is 10.9 Å². The summed E-state index contributed by atoms with van der Waals surface area (Å²) in [7, 11) is 3.27. The number of rotatable bonds is 6. The first-order valence-corrected chi connectivity index (χ1v) is 10.9. The van der Waals surface area contributed by atoms with Gasteiger partial charge < -0.3 is 24.3 Å². The van der Waals surface area contributed by atoms with Crippen molar-refractivity contribution in [2.45, 2.75) is 24.9 Å². The maximum absolute atomic E-state index is 13.5. The second-order valence-electron chi connectivity index (χ2n) is 8.37. The molecular formula is C25H27N3O4. The Kier molecular flexibility index (Phi) is 5.35. The molecule has 0 bridgehead atoms. The minimum Gasteiger partial charge on any atom is -0.497 e. The number of aromatic amines is 1. The molecule has 166 valence electrons. The lowest BCUT2D eigenvalue weighted by Crippen LogP contribution is -2.63. The topological polar surface area (TPSA) is 74.9 Å². The number of fused-ring (bicyclic) bond motifs is 4. The first-order chi connectivity index (χ1) is 15.6. The molecule has 0 radical (unpaired) electrons. The molecule has 0 aliphatic carbocycles. The maximum atomic E-state index is 13.5. The molecule has 2 aromatic carbocycles. The van der Waals surface area contributed by atoms with Gasteiger partial charge in [-0.3, -0.25) is 9.59 Å². The summed E-state index contributed by atoms with van der Waals surface area (Å²) in [6, 6.07) is 15.0. The number of aromatic nitrogens is 1. The number of nitrogens with one attached hydrogen (secondary N) is 1. The average molecular weight is 434 g/mol. The van der Waals surface area contributed by atoms with Gasteiger partial charge in [0.1, 0.15) is 11.8 Å². The van der Waals surface area contributed by atoms with E-state index in [1.54, 1.807) is 24.0 Å². The summed E-state index contributed by atoms with van der Waals surface area (Å²) >= 11 is 0. The van der Waals surface area contributed by atoms with Crippen molar-refractivity contribution in [2.75, 3.05) is 33.9 Å². The molecule has 2 amide bonds. The number of ether oxygens (including phenoxy) is 2. The first-order valence-electron chi connectivity index (χ1n) is 10.9. The van der Waals surface area contributed by atoms with Crippen LogP contribution < -0.4 is 4.74 Å². The molecule has 7 heteroatoms. The summed E-state index contributed by atoms with van der Waals surface area (Å²) in [5.41, 5.74) is 4.03. The fourth-order valence-electron chi connectivity index (χ4n) is 5.07. The Morgan fingerprint density at radius 2 is 1.94 bits per heavy atom. The van der Waals surface area contributed by atoms with Gasteiger partial charge in [-0.05, 0) is 35.7 Å². The second-order valence-corrected chi connectivity index (χ2v) is 8.37. The van der Waals surface area contributed by atoms with E-state index in [0.717, 1.165) is 33.5 Å². The Morgan fingerprint density at radius 1 is 1.09 bits per heavy atom. The number of hydrogen-bond acceptors (Lipinski definition) is 4. The van der Waals surface area contributed by atoms with Gasteiger partial charge >= 0.3 is 0 Å². The van der Waals surface area contributed by atoms with E-state index in [0.29, 0.717) is 26.0 Å². The van der Waals surface area contributed by atoms with Gasteiger partial charge in [-0.25, -0.2) is 0 Å². The number of carbonyl (C=O) groups excluding carboxylic acids is 2. The van der Waals surface area contributed by atoms with Gasteiger partial charge in [0, 0.05) is 43.3 Å². The Morgan fingerprint density at radius 3 is 2.75 bits per heavy atom. The zero-order chi connectivity index (χ0) is 22.2. The second kappa shape index (κ2) is 8.31. The molecule has 7 nitrogen and oxygen atoms in total. The number of hydrogen-bond donors (Lipinski definition) is 1. The number of amides is 2. The first kappa shape index (κ1) is 20.6. The maximum Gasteiger partial charge on any atom is 0.246 e. The zero-order valence-electron chi connectivity index (χ0n) is 18.3. The van der Waals surface area contributed by atoms with Crippen molar-refractivity contribution in [2.24, 2.45) is 0 Å². The van der Waals surface area contributed by atoms with Crippen LogP contribution in [0.15, 0.2) is 48.5 Å². The third-order valence-corrected chi connectivity index (χ3v) is 6.53. The van der Waals surface area contributed by atoms with E-state index in [9.17, 15) is 9.59 Å². The normalized spacial score (nSPS) is 20.4. The van der Waals surface area contributed by atoms with Crippen LogP contribution in [0.5, 0.6) is 5.75 Å². The summed E-state index contributed by atoms with van der Waals surface area (Å²) in [4.78, 5) is 34.0. The highest BCUT2D eigenvalue weighted by Gasteiger charge is 2.48. The predicted molar refractivity (Wildman–Crippen MR) is 121 cm³/mol. The summed E-state index contributed by atoms with van der Waals surface area (Å²) < 4.78 is 10.6. The van der Waals surface area contributed by atoms with Crippen LogP contribution in [-0.2, 0) is 20.7 Å². The zero-order valence-corrected chi connectivity index (χ0v) is 18.3. The standard InChI is InChI=1S/C25H27N3O4/c1-31-12-6-11-27-15-22(29)28-21(25(27)30)14-19-18-9-3-4-10-20(18)26-23(19)24(28)16-7-5-8-17(13-16)32-2/h3-5,7-10,13,21,24,26H,6,11-12,14-15H2,1-2H3/t21-,24+/m0/s1. The van der Waals surface area contributed by atoms with Crippen LogP contribution >= 0.6 is 0 Å². The quantitative estimate of drug-likeness (QED) is 0.607. The third kappa shape index (κ3) is 3.33. The number of para-hydroxylation sites is 1. The molecule has 1 N–H and O–H groups in total. The molecule has 3 heterocycles. The summed E-state index contributed by atoms with van der Waals surface area (Å²) in [5.74, 6) is 0.688. The van der Waals surface area contributed by atoms with Gasteiger partial charge in [0.05, 0.1) is 19.7 Å². The lowest BCUT2D eigenvalue weighted by molar-refractivity contribution is -0.158. The molecule has 3 aromatic rings. The molecule has 1 saturated heterocycles. The van der Waals surface area contributed by atoms with Crippen LogP contribution in [0.2, 0.25) is 0 Å². The van der Waals surface area contributed by atoms with E-state index >= 15 is 0 Å². The van der Waals surface area contributed by atoms with Crippen molar-refractivity contribution in [3.63, 3.8) is 0 Å². The van der Waals surface area contributed by atoms with Gasteiger partial charge in [-0.1, -0.05) is 30.3 Å². The number of carbonyl (C=O) groups is 2. The highest BCUT2D eigenvalue weighted by Crippen LogP contribution is 2.43. The Bertz CT molecular complexity index is 1170. The lowest BCUT2D eigenvalue weighted by Gasteiger charge is -2.47. The molecular weight excluding hydrogens is 406 g/mol. The van der Waals surface area contributed by atoms with Crippen LogP contribution in [-0.4, -0.2) is 66.6 Å². The molecule has 0 saturated carbocycles. The fraction of sp³-hybridized carbons (Fsp3) is 0.360. The minimum atomic E-state index is -0.526. The molecule has 32 heavy (non-hydrogen) atoms. The van der Waals surface area contributed by atoms with Crippen LogP contribution in [0.1, 0.15) is 29.3 Å². The van der Waals surface area contributed by atoms with Gasteiger partial charge in [-0.15, -0.1) is 0 Å². The molecule has 2 aliphatic heterocycles. The largest absolute Gasteiger partial charge is 0.497 e. The lowest BCUT2D eigenvalue weighted by atomic mass is 9.86. The highest BCUT2D eigenvalue weighted by atomic mass is 16.5. The van der Waals surface area contributed by atoms with Crippen molar-refractivity contribution in [3.05, 3.63) is 65.4 Å². The van der Waals surface area contributed by atoms with Crippen LogP contribution in [0, 0.1) is 0 Å². The number of nitrogens with zero attached hydrogens (tertiary/aromatic N) is 2. The summed E-state index contributed by atoms with van der Waals surface area (Å²) in [5, 5.41) is 1.10. The Labute approximate surface area is 186 Å². The van der Waals surface area contributed by atoms with Crippen LogP contribution in [0.3, 0.4) is 0 Å². The monoisotopic (exact) mass is 433 g/mol. The van der Waals surface area contributed by atoms with E-state index in [1.165, 1.54) is 0 Å². The average Bonchev–Trinajstić information content (AvgIpc) is 3.19.